The topological polar surface area (TPSA) is 59.2 Å². The van der Waals surface area contributed by atoms with E-state index in [1.165, 1.54) is 29.0 Å². The van der Waals surface area contributed by atoms with Crippen LogP contribution in [0.3, 0.4) is 0 Å². The molecule has 0 saturated carbocycles. The summed E-state index contributed by atoms with van der Waals surface area (Å²) >= 11 is 1.72. The van der Waals surface area contributed by atoms with Crippen molar-refractivity contribution < 1.29 is 13.7 Å². The fourth-order valence-corrected chi connectivity index (χ4v) is 5.47. The van der Waals surface area contributed by atoms with Crippen LogP contribution in [-0.2, 0) is 12.8 Å². The molecule has 1 amide bonds. The van der Waals surface area contributed by atoms with Gasteiger partial charge in [-0.25, -0.2) is 4.39 Å². The van der Waals surface area contributed by atoms with Gasteiger partial charge in [0.05, 0.1) is 11.5 Å². The summed E-state index contributed by atoms with van der Waals surface area (Å²) in [7, 11) is 0. The van der Waals surface area contributed by atoms with E-state index in [4.69, 9.17) is 4.52 Å². The van der Waals surface area contributed by atoms with Gasteiger partial charge in [0.25, 0.3) is 5.91 Å². The van der Waals surface area contributed by atoms with Crippen LogP contribution in [0.25, 0.3) is 11.4 Å². The van der Waals surface area contributed by atoms with Crippen LogP contribution in [0.5, 0.6) is 0 Å². The van der Waals surface area contributed by atoms with Crippen molar-refractivity contribution >= 4 is 17.2 Å². The first-order valence-electron chi connectivity index (χ1n) is 10.2. The van der Waals surface area contributed by atoms with Gasteiger partial charge in [-0.1, -0.05) is 17.3 Å². The zero-order chi connectivity index (χ0) is 19.8. The summed E-state index contributed by atoms with van der Waals surface area (Å²) in [5, 5.41) is 6.06. The van der Waals surface area contributed by atoms with E-state index in [-0.39, 0.29) is 17.6 Å². The maximum atomic E-state index is 13.5. The average molecular weight is 412 g/mol. The molecule has 7 heteroatoms. The normalized spacial score (nSPS) is 19.2. The molecule has 5 rings (SSSR count). The number of carbonyl (C=O) groups excluding carboxylic acids is 1. The highest BCUT2D eigenvalue weighted by atomic mass is 32.1. The lowest BCUT2D eigenvalue weighted by Crippen LogP contribution is -2.39. The minimum atomic E-state index is -0.331. The Labute approximate surface area is 172 Å². The number of carbonyl (C=O) groups is 1. The highest BCUT2D eigenvalue weighted by Gasteiger charge is 2.31. The van der Waals surface area contributed by atoms with Crippen molar-refractivity contribution in [1.82, 2.24) is 15.0 Å². The second-order valence-electron chi connectivity index (χ2n) is 7.82. The van der Waals surface area contributed by atoms with Crippen molar-refractivity contribution in [3.63, 3.8) is 0 Å². The summed E-state index contributed by atoms with van der Waals surface area (Å²) < 4.78 is 19.0. The SMILES string of the molecule is O=C(c1csc2c1CCCC2)N1CCCC(c2nc(-c3cccc(F)c3)no2)C1. The van der Waals surface area contributed by atoms with Crippen molar-refractivity contribution in [3.8, 4) is 11.4 Å². The molecule has 5 nitrogen and oxygen atoms in total. The van der Waals surface area contributed by atoms with Crippen molar-refractivity contribution in [2.24, 2.45) is 0 Å². The average Bonchev–Trinajstić information content (AvgIpc) is 3.41. The fraction of sp³-hybridized carbons (Fsp3) is 0.409. The van der Waals surface area contributed by atoms with Gasteiger partial charge >= 0.3 is 0 Å². The number of halogens is 1. The van der Waals surface area contributed by atoms with Crippen LogP contribution < -0.4 is 0 Å². The molecule has 1 saturated heterocycles. The molecule has 0 radical (unpaired) electrons. The molecule has 0 spiro atoms. The number of aryl methyl sites for hydroxylation is 1. The highest BCUT2D eigenvalue weighted by molar-refractivity contribution is 7.10. The Morgan fingerprint density at radius 3 is 3.03 bits per heavy atom. The van der Waals surface area contributed by atoms with Gasteiger partial charge in [-0.05, 0) is 56.2 Å². The van der Waals surface area contributed by atoms with E-state index in [1.807, 2.05) is 10.3 Å². The number of benzene rings is 1. The number of amides is 1. The molecule has 1 atom stereocenters. The molecule has 29 heavy (non-hydrogen) atoms. The third-order valence-electron chi connectivity index (χ3n) is 5.87. The molecule has 0 N–H and O–H groups in total. The second-order valence-corrected chi connectivity index (χ2v) is 8.78. The third kappa shape index (κ3) is 3.59. The first-order valence-corrected chi connectivity index (χ1v) is 11.0. The Kier molecular flexibility index (Phi) is 4.91. The van der Waals surface area contributed by atoms with E-state index >= 15 is 0 Å². The summed E-state index contributed by atoms with van der Waals surface area (Å²) in [5.41, 5.74) is 2.74. The Morgan fingerprint density at radius 2 is 2.14 bits per heavy atom. The maximum Gasteiger partial charge on any atom is 0.255 e. The van der Waals surface area contributed by atoms with Crippen LogP contribution in [-0.4, -0.2) is 34.0 Å². The van der Waals surface area contributed by atoms with Crippen molar-refractivity contribution in [2.45, 2.75) is 44.4 Å². The quantitative estimate of drug-likeness (QED) is 0.619. The minimum absolute atomic E-state index is 0.0111. The van der Waals surface area contributed by atoms with Crippen molar-refractivity contribution in [1.29, 1.82) is 0 Å². The first-order chi connectivity index (χ1) is 14.2. The van der Waals surface area contributed by atoms with Gasteiger partial charge in [0.15, 0.2) is 0 Å². The molecule has 3 heterocycles. The lowest BCUT2D eigenvalue weighted by Gasteiger charge is -2.31. The molecular weight excluding hydrogens is 389 g/mol. The minimum Gasteiger partial charge on any atom is -0.339 e. The molecule has 3 aromatic rings. The van der Waals surface area contributed by atoms with Gasteiger partial charge < -0.3 is 9.42 Å². The lowest BCUT2D eigenvalue weighted by molar-refractivity contribution is 0.0695. The van der Waals surface area contributed by atoms with Crippen LogP contribution in [0.15, 0.2) is 34.2 Å². The first kappa shape index (κ1) is 18.5. The van der Waals surface area contributed by atoms with E-state index in [0.717, 1.165) is 44.2 Å². The van der Waals surface area contributed by atoms with Crippen LogP contribution in [0.4, 0.5) is 4.39 Å². The van der Waals surface area contributed by atoms with Gasteiger partial charge in [0.1, 0.15) is 5.82 Å². The molecule has 2 aliphatic rings. The zero-order valence-electron chi connectivity index (χ0n) is 16.1. The number of thiophene rings is 1. The fourth-order valence-electron chi connectivity index (χ4n) is 4.35. The number of nitrogens with zero attached hydrogens (tertiary/aromatic N) is 3. The van der Waals surface area contributed by atoms with Crippen LogP contribution in [0.2, 0.25) is 0 Å². The summed E-state index contributed by atoms with van der Waals surface area (Å²) in [5.74, 6) is 0.710. The van der Waals surface area contributed by atoms with E-state index in [2.05, 4.69) is 10.1 Å². The Hall–Kier alpha value is -2.54. The largest absolute Gasteiger partial charge is 0.339 e. The van der Waals surface area contributed by atoms with E-state index in [0.29, 0.717) is 23.8 Å². The number of piperidine rings is 1. The molecule has 1 unspecified atom stereocenters. The molecule has 1 aliphatic heterocycles. The number of likely N-dealkylation sites (tertiary alicyclic amines) is 1. The second kappa shape index (κ2) is 7.71. The lowest BCUT2D eigenvalue weighted by atomic mass is 9.94. The van der Waals surface area contributed by atoms with E-state index in [1.54, 1.807) is 23.5 Å². The number of rotatable bonds is 3. The monoisotopic (exact) mass is 411 g/mol. The summed E-state index contributed by atoms with van der Waals surface area (Å²) in [6.07, 6.45) is 6.30. The standard InChI is InChI=1S/C22H22FN3O2S/c23-16-7-3-5-14(11-16)20-24-21(28-25-20)15-6-4-10-26(12-15)22(27)18-13-29-19-9-2-1-8-17(18)19/h3,5,7,11,13,15H,1-2,4,6,8-10,12H2. The van der Waals surface area contributed by atoms with Gasteiger partial charge in [-0.2, -0.15) is 4.98 Å². The molecule has 0 bridgehead atoms. The molecule has 2 aromatic heterocycles. The third-order valence-corrected chi connectivity index (χ3v) is 6.96. The van der Waals surface area contributed by atoms with Crippen LogP contribution in [0.1, 0.15) is 58.3 Å². The number of hydrogen-bond donors (Lipinski definition) is 0. The molecule has 1 aliphatic carbocycles. The number of hydrogen-bond acceptors (Lipinski definition) is 5. The van der Waals surface area contributed by atoms with Crippen LogP contribution >= 0.6 is 11.3 Å². The summed E-state index contributed by atoms with van der Waals surface area (Å²) in [4.78, 5) is 21.0. The molecular formula is C22H22FN3O2S. The van der Waals surface area contributed by atoms with E-state index in [9.17, 15) is 9.18 Å². The Balaban J connectivity index is 1.33. The Bertz CT molecular complexity index is 1040. The van der Waals surface area contributed by atoms with Gasteiger partial charge in [0.2, 0.25) is 11.7 Å². The predicted molar refractivity (Wildman–Crippen MR) is 109 cm³/mol. The maximum absolute atomic E-state index is 13.5. The smallest absolute Gasteiger partial charge is 0.255 e. The summed E-state index contributed by atoms with van der Waals surface area (Å²) in [6.45, 7) is 1.33. The molecule has 1 fully saturated rings. The van der Waals surface area contributed by atoms with Crippen LogP contribution in [0, 0.1) is 5.82 Å². The zero-order valence-corrected chi connectivity index (χ0v) is 16.9. The van der Waals surface area contributed by atoms with E-state index < -0.39 is 0 Å². The molecule has 1 aromatic carbocycles. The van der Waals surface area contributed by atoms with Gasteiger partial charge in [0, 0.05) is 28.9 Å². The Morgan fingerprint density at radius 1 is 1.24 bits per heavy atom. The van der Waals surface area contributed by atoms with Crippen molar-refractivity contribution in [3.05, 3.63) is 57.4 Å². The number of aromatic nitrogens is 2. The van der Waals surface area contributed by atoms with Gasteiger partial charge in [-0.3, -0.25) is 4.79 Å². The number of fused-ring (bicyclic) bond motifs is 1. The van der Waals surface area contributed by atoms with Gasteiger partial charge in [-0.15, -0.1) is 11.3 Å². The predicted octanol–water partition coefficient (Wildman–Crippen LogP) is 4.84. The summed E-state index contributed by atoms with van der Waals surface area (Å²) in [6, 6.07) is 6.17. The highest BCUT2D eigenvalue weighted by Crippen LogP contribution is 2.33. The molecule has 150 valence electrons. The van der Waals surface area contributed by atoms with Crippen molar-refractivity contribution in [2.75, 3.05) is 13.1 Å².